The number of piperazine rings is 1. The number of morpholine rings is 1. The van der Waals surface area contributed by atoms with Gasteiger partial charge in [-0.25, -0.2) is 14.2 Å². The van der Waals surface area contributed by atoms with Gasteiger partial charge in [0.1, 0.15) is 18.1 Å². The lowest BCUT2D eigenvalue weighted by atomic mass is 10.0. The van der Waals surface area contributed by atoms with Crippen LogP contribution in [0.25, 0.3) is 0 Å². The molecule has 1 aromatic heterocycles. The summed E-state index contributed by atoms with van der Waals surface area (Å²) in [5, 5.41) is 9.90. The smallest absolute Gasteiger partial charge is 0.407 e. The van der Waals surface area contributed by atoms with Crippen molar-refractivity contribution in [2.75, 3.05) is 64.6 Å². The number of benzene rings is 1. The van der Waals surface area contributed by atoms with Crippen molar-refractivity contribution in [1.29, 1.82) is 0 Å². The molecule has 11 nitrogen and oxygen atoms in total. The summed E-state index contributed by atoms with van der Waals surface area (Å²) >= 11 is 0. The van der Waals surface area contributed by atoms with Crippen molar-refractivity contribution in [1.82, 2.24) is 19.7 Å². The Morgan fingerprint density at radius 3 is 2.42 bits per heavy atom. The van der Waals surface area contributed by atoms with Gasteiger partial charge in [0.2, 0.25) is 11.8 Å². The van der Waals surface area contributed by atoms with Gasteiger partial charge in [0.25, 0.3) is 0 Å². The molecule has 0 bridgehead atoms. The van der Waals surface area contributed by atoms with Gasteiger partial charge in [-0.05, 0) is 56.5 Å². The number of aromatic nitrogens is 1. The molecule has 4 heterocycles. The SMILES string of the molecule is COC[C@H]1COc2ncc(Cc3ccc(F)cc3)cc2N1C(=O)CN1C[C@@H](C)N(C(=O)O)C[C@@H]1CN1[C@H](C)COC[C@H]1C. The quantitative estimate of drug-likeness (QED) is 0.490. The number of halogens is 1. The van der Waals surface area contributed by atoms with E-state index in [1.54, 1.807) is 30.3 Å². The second kappa shape index (κ2) is 13.5. The number of fused-ring (bicyclic) bond motifs is 1. The Morgan fingerprint density at radius 2 is 1.74 bits per heavy atom. The van der Waals surface area contributed by atoms with E-state index in [0.29, 0.717) is 50.8 Å². The highest BCUT2D eigenvalue weighted by Gasteiger charge is 2.40. The third-order valence-electron chi connectivity index (χ3n) is 8.69. The summed E-state index contributed by atoms with van der Waals surface area (Å²) in [4.78, 5) is 38.5. The summed E-state index contributed by atoms with van der Waals surface area (Å²) in [6, 6.07) is 7.79. The number of ether oxygens (including phenoxy) is 3. The summed E-state index contributed by atoms with van der Waals surface area (Å²) in [6.45, 7) is 9.34. The molecule has 2 fully saturated rings. The van der Waals surface area contributed by atoms with Crippen LogP contribution in [0.1, 0.15) is 31.9 Å². The molecule has 0 radical (unpaired) electrons. The highest BCUT2D eigenvalue weighted by Crippen LogP contribution is 2.34. The van der Waals surface area contributed by atoms with Crippen LogP contribution in [0.15, 0.2) is 36.5 Å². The minimum absolute atomic E-state index is 0.109. The zero-order valence-electron chi connectivity index (χ0n) is 25.3. The van der Waals surface area contributed by atoms with E-state index in [9.17, 15) is 19.1 Å². The number of carbonyl (C=O) groups is 2. The van der Waals surface area contributed by atoms with Gasteiger partial charge in [-0.1, -0.05) is 12.1 Å². The van der Waals surface area contributed by atoms with Crippen molar-refractivity contribution in [3.63, 3.8) is 0 Å². The Bertz CT molecular complexity index is 1270. The number of nitrogens with zero attached hydrogens (tertiary/aromatic N) is 5. The molecule has 0 unspecified atom stereocenters. The molecule has 1 N–H and O–H groups in total. The molecule has 2 saturated heterocycles. The maximum Gasteiger partial charge on any atom is 0.407 e. The molecular formula is C31H42FN5O6. The summed E-state index contributed by atoms with van der Waals surface area (Å²) in [7, 11) is 1.59. The van der Waals surface area contributed by atoms with Crippen LogP contribution in [-0.2, 0) is 20.7 Å². The van der Waals surface area contributed by atoms with E-state index >= 15 is 0 Å². The van der Waals surface area contributed by atoms with Gasteiger partial charge in [-0.3, -0.25) is 19.5 Å². The van der Waals surface area contributed by atoms with Gasteiger partial charge in [0.15, 0.2) is 0 Å². The Hall–Kier alpha value is -3.32. The fraction of sp³-hybridized carbons (Fsp3) is 0.581. The van der Waals surface area contributed by atoms with E-state index in [4.69, 9.17) is 14.2 Å². The van der Waals surface area contributed by atoms with E-state index in [1.807, 2.05) is 13.0 Å². The number of amides is 2. The lowest BCUT2D eigenvalue weighted by Gasteiger charge is -2.48. The van der Waals surface area contributed by atoms with Crippen molar-refractivity contribution < 1.29 is 33.3 Å². The Kier molecular flexibility index (Phi) is 9.80. The van der Waals surface area contributed by atoms with Crippen LogP contribution < -0.4 is 9.64 Å². The van der Waals surface area contributed by atoms with Crippen molar-refractivity contribution in [3.8, 4) is 5.88 Å². The Morgan fingerprint density at radius 1 is 1.02 bits per heavy atom. The minimum Gasteiger partial charge on any atom is -0.474 e. The molecule has 5 rings (SSSR count). The van der Waals surface area contributed by atoms with Crippen molar-refractivity contribution in [2.24, 2.45) is 0 Å². The zero-order chi connectivity index (χ0) is 30.7. The molecule has 3 aliphatic heterocycles. The first-order valence-electron chi connectivity index (χ1n) is 14.9. The van der Waals surface area contributed by atoms with E-state index < -0.39 is 6.09 Å². The second-order valence-corrected chi connectivity index (χ2v) is 12.0. The maximum atomic E-state index is 14.3. The van der Waals surface area contributed by atoms with Gasteiger partial charge in [0.05, 0.1) is 32.4 Å². The molecule has 1 aromatic carbocycles. The van der Waals surface area contributed by atoms with Crippen LogP contribution >= 0.6 is 0 Å². The van der Waals surface area contributed by atoms with Gasteiger partial charge in [-0.15, -0.1) is 0 Å². The molecule has 0 spiro atoms. The first kappa shape index (κ1) is 31.1. The number of pyridine rings is 1. The standard InChI is InChI=1S/C31H42FN5O6/c1-20-12-34(26(14-36(20)31(39)40)13-35-21(2)16-42-17-22(35)3)15-29(38)37-27(18-41-4)19-43-30-28(37)10-24(11-33-30)9-23-5-7-25(32)8-6-23/h5-8,10-11,20-22,26-27H,9,12-19H2,1-4H3,(H,39,40)/t20-,21-,22-,26+,27+/m1/s1. The lowest BCUT2D eigenvalue weighted by Crippen LogP contribution is -2.65. The Labute approximate surface area is 252 Å². The lowest BCUT2D eigenvalue weighted by molar-refractivity contribution is -0.123. The maximum absolute atomic E-state index is 14.3. The molecule has 0 aliphatic carbocycles. The molecule has 2 amide bonds. The predicted molar refractivity (Wildman–Crippen MR) is 158 cm³/mol. The van der Waals surface area contributed by atoms with Gasteiger partial charge >= 0.3 is 6.09 Å². The average molecular weight is 600 g/mol. The summed E-state index contributed by atoms with van der Waals surface area (Å²) < 4.78 is 30.6. The third-order valence-corrected chi connectivity index (χ3v) is 8.69. The van der Waals surface area contributed by atoms with E-state index in [2.05, 4.69) is 28.6 Å². The van der Waals surface area contributed by atoms with Gasteiger partial charge in [0, 0.05) is 57.1 Å². The van der Waals surface area contributed by atoms with Crippen LogP contribution in [0, 0.1) is 5.82 Å². The topological polar surface area (TPSA) is 108 Å². The van der Waals surface area contributed by atoms with Crippen LogP contribution in [0.5, 0.6) is 5.88 Å². The van der Waals surface area contributed by atoms with Crippen LogP contribution in [0.4, 0.5) is 14.9 Å². The largest absolute Gasteiger partial charge is 0.474 e. The van der Waals surface area contributed by atoms with Crippen LogP contribution in [0.2, 0.25) is 0 Å². The predicted octanol–water partition coefficient (Wildman–Crippen LogP) is 2.71. The normalized spacial score (nSPS) is 26.6. The monoisotopic (exact) mass is 599 g/mol. The fourth-order valence-corrected chi connectivity index (χ4v) is 6.43. The first-order valence-corrected chi connectivity index (χ1v) is 14.9. The number of methoxy groups -OCH3 is 1. The molecule has 12 heteroatoms. The van der Waals surface area contributed by atoms with E-state index in [-0.39, 0.29) is 61.7 Å². The van der Waals surface area contributed by atoms with Crippen LogP contribution in [0.3, 0.4) is 0 Å². The highest BCUT2D eigenvalue weighted by atomic mass is 19.1. The van der Waals surface area contributed by atoms with E-state index in [1.165, 1.54) is 17.0 Å². The second-order valence-electron chi connectivity index (χ2n) is 12.0. The number of hydrogen-bond donors (Lipinski definition) is 1. The number of carboxylic acid groups (broad SMARTS) is 1. The van der Waals surface area contributed by atoms with Gasteiger partial charge in [-0.2, -0.15) is 0 Å². The molecule has 0 saturated carbocycles. The Balaban J connectivity index is 1.40. The number of carbonyl (C=O) groups excluding carboxylic acids is 1. The van der Waals surface area contributed by atoms with Crippen molar-refractivity contribution >= 4 is 17.7 Å². The van der Waals surface area contributed by atoms with Gasteiger partial charge < -0.3 is 24.2 Å². The number of rotatable bonds is 8. The summed E-state index contributed by atoms with van der Waals surface area (Å²) in [5.41, 5.74) is 2.36. The van der Waals surface area contributed by atoms with Crippen molar-refractivity contribution in [3.05, 3.63) is 53.5 Å². The molecular weight excluding hydrogens is 557 g/mol. The highest BCUT2D eigenvalue weighted by molar-refractivity contribution is 5.97. The number of hydrogen-bond acceptors (Lipinski definition) is 8. The average Bonchev–Trinajstić information content (AvgIpc) is 2.97. The molecule has 3 aliphatic rings. The molecule has 43 heavy (non-hydrogen) atoms. The van der Waals surface area contributed by atoms with E-state index in [0.717, 1.165) is 11.1 Å². The minimum atomic E-state index is -0.950. The summed E-state index contributed by atoms with van der Waals surface area (Å²) in [6.07, 6.45) is 1.28. The fourth-order valence-electron chi connectivity index (χ4n) is 6.43. The molecule has 2 aromatic rings. The zero-order valence-corrected chi connectivity index (χ0v) is 25.3. The third kappa shape index (κ3) is 7.09. The molecule has 5 atom stereocenters. The first-order chi connectivity index (χ1) is 20.6. The van der Waals surface area contributed by atoms with Crippen molar-refractivity contribution in [2.45, 2.75) is 57.4 Å². The summed E-state index contributed by atoms with van der Waals surface area (Å²) in [5.74, 6) is -0.0502. The molecule has 234 valence electrons. The number of anilines is 1. The van der Waals surface area contributed by atoms with Crippen LogP contribution in [-0.4, -0.2) is 127 Å².